The van der Waals surface area contributed by atoms with Gasteiger partial charge in [-0.1, -0.05) is 6.42 Å². The highest BCUT2D eigenvalue weighted by molar-refractivity contribution is 7.80. The smallest absolute Gasteiger partial charge is 0.253 e. The van der Waals surface area contributed by atoms with Crippen molar-refractivity contribution in [1.29, 1.82) is 0 Å². The Morgan fingerprint density at radius 1 is 1.60 bits per heavy atom. The Kier molecular flexibility index (Phi) is 2.87. The van der Waals surface area contributed by atoms with Crippen LogP contribution in [-0.2, 0) is 6.54 Å². The van der Waals surface area contributed by atoms with E-state index in [0.717, 1.165) is 18.0 Å². The minimum atomic E-state index is 0.0514. The lowest BCUT2D eigenvalue weighted by molar-refractivity contribution is 0.136. The normalized spacial score (nSPS) is 18.5. The predicted molar refractivity (Wildman–Crippen MR) is 63.4 cm³/mol. The number of hydrogen-bond donors (Lipinski definition) is 1. The Morgan fingerprint density at radius 2 is 2.33 bits per heavy atom. The van der Waals surface area contributed by atoms with E-state index in [-0.39, 0.29) is 11.0 Å². The van der Waals surface area contributed by atoms with Gasteiger partial charge in [-0.25, -0.2) is 4.98 Å². The highest BCUT2D eigenvalue weighted by Crippen LogP contribution is 2.42. The summed E-state index contributed by atoms with van der Waals surface area (Å²) in [5.41, 5.74) is 1.07. The van der Waals surface area contributed by atoms with Gasteiger partial charge in [0.05, 0.1) is 6.33 Å². The standard InChI is InChI=1S/C11H16N2OS/c1-9-5-10(14)13(8-12-9)6-11(7-15)3-2-4-11/h5,8,15H,2-4,6-7H2,1H3. The lowest BCUT2D eigenvalue weighted by atomic mass is 9.70. The van der Waals surface area contributed by atoms with Gasteiger partial charge in [-0.05, 0) is 30.9 Å². The van der Waals surface area contributed by atoms with Crippen molar-refractivity contribution in [3.63, 3.8) is 0 Å². The molecule has 0 amide bonds. The molecule has 1 aromatic heterocycles. The number of nitrogens with zero attached hydrogens (tertiary/aromatic N) is 2. The number of aromatic nitrogens is 2. The zero-order valence-electron chi connectivity index (χ0n) is 8.94. The molecule has 0 aliphatic heterocycles. The summed E-state index contributed by atoms with van der Waals surface area (Å²) in [6.07, 6.45) is 5.27. The van der Waals surface area contributed by atoms with E-state index in [0.29, 0.717) is 0 Å². The van der Waals surface area contributed by atoms with Crippen LogP contribution in [0.2, 0.25) is 0 Å². The summed E-state index contributed by atoms with van der Waals surface area (Å²) in [6.45, 7) is 2.60. The molecule has 82 valence electrons. The Hall–Kier alpha value is -0.770. The number of hydrogen-bond acceptors (Lipinski definition) is 3. The van der Waals surface area contributed by atoms with Crippen LogP contribution in [0.1, 0.15) is 25.0 Å². The molecule has 0 spiro atoms. The van der Waals surface area contributed by atoms with Crippen LogP contribution < -0.4 is 5.56 Å². The number of rotatable bonds is 3. The molecule has 4 heteroatoms. The van der Waals surface area contributed by atoms with Crippen molar-refractivity contribution in [1.82, 2.24) is 9.55 Å². The van der Waals surface area contributed by atoms with Gasteiger partial charge in [0, 0.05) is 18.3 Å². The summed E-state index contributed by atoms with van der Waals surface area (Å²) in [6, 6.07) is 1.59. The molecule has 0 unspecified atom stereocenters. The van der Waals surface area contributed by atoms with Gasteiger partial charge in [0.25, 0.3) is 5.56 Å². The second-order valence-electron chi connectivity index (χ2n) is 4.51. The van der Waals surface area contributed by atoms with Crippen LogP contribution >= 0.6 is 12.6 Å². The van der Waals surface area contributed by atoms with Gasteiger partial charge in [-0.2, -0.15) is 12.6 Å². The summed E-state index contributed by atoms with van der Waals surface area (Å²) in [5.74, 6) is 0.854. The Morgan fingerprint density at radius 3 is 2.80 bits per heavy atom. The first-order valence-electron chi connectivity index (χ1n) is 5.29. The maximum Gasteiger partial charge on any atom is 0.253 e. The Labute approximate surface area is 94.9 Å². The van der Waals surface area contributed by atoms with Crippen molar-refractivity contribution < 1.29 is 0 Å². The molecule has 1 aromatic rings. The van der Waals surface area contributed by atoms with Crippen LogP contribution in [0, 0.1) is 12.3 Å². The predicted octanol–water partition coefficient (Wildman–Crippen LogP) is 1.65. The van der Waals surface area contributed by atoms with Crippen molar-refractivity contribution in [2.24, 2.45) is 5.41 Å². The monoisotopic (exact) mass is 224 g/mol. The third-order valence-corrected chi connectivity index (χ3v) is 3.94. The van der Waals surface area contributed by atoms with Crippen LogP contribution in [-0.4, -0.2) is 15.3 Å². The van der Waals surface area contributed by atoms with Crippen molar-refractivity contribution in [3.8, 4) is 0 Å². The van der Waals surface area contributed by atoms with E-state index in [1.165, 1.54) is 19.3 Å². The highest BCUT2D eigenvalue weighted by atomic mass is 32.1. The second-order valence-corrected chi connectivity index (χ2v) is 4.82. The first kappa shape index (κ1) is 10.7. The third-order valence-electron chi connectivity index (χ3n) is 3.27. The van der Waals surface area contributed by atoms with Crippen molar-refractivity contribution in [3.05, 3.63) is 28.4 Å². The topological polar surface area (TPSA) is 34.9 Å². The fourth-order valence-corrected chi connectivity index (χ4v) is 2.46. The quantitative estimate of drug-likeness (QED) is 0.792. The largest absolute Gasteiger partial charge is 0.299 e. The minimum absolute atomic E-state index is 0.0514. The molecule has 0 N–H and O–H groups in total. The average molecular weight is 224 g/mol. The fourth-order valence-electron chi connectivity index (χ4n) is 2.04. The van der Waals surface area contributed by atoms with E-state index in [4.69, 9.17) is 0 Å². The molecular weight excluding hydrogens is 208 g/mol. The minimum Gasteiger partial charge on any atom is -0.299 e. The van der Waals surface area contributed by atoms with Gasteiger partial charge in [0.1, 0.15) is 0 Å². The molecule has 1 aliphatic rings. The molecule has 1 fully saturated rings. The average Bonchev–Trinajstić information content (AvgIpc) is 2.14. The molecule has 0 radical (unpaired) electrons. The summed E-state index contributed by atoms with van der Waals surface area (Å²) >= 11 is 4.38. The Balaban J connectivity index is 2.20. The van der Waals surface area contributed by atoms with Gasteiger partial charge < -0.3 is 0 Å². The SMILES string of the molecule is Cc1cc(=O)n(CC2(CS)CCC2)cn1. The fraction of sp³-hybridized carbons (Fsp3) is 0.636. The van der Waals surface area contributed by atoms with E-state index in [1.807, 2.05) is 6.92 Å². The summed E-state index contributed by atoms with van der Waals surface area (Å²) in [5, 5.41) is 0. The Bertz CT molecular complexity index is 404. The molecule has 0 bridgehead atoms. The van der Waals surface area contributed by atoms with Crippen LogP contribution in [0.15, 0.2) is 17.2 Å². The van der Waals surface area contributed by atoms with E-state index >= 15 is 0 Å². The molecule has 2 rings (SSSR count). The van der Waals surface area contributed by atoms with Crippen molar-refractivity contribution in [2.75, 3.05) is 5.75 Å². The molecule has 1 heterocycles. The van der Waals surface area contributed by atoms with E-state index in [1.54, 1.807) is 17.0 Å². The molecule has 0 saturated heterocycles. The second kappa shape index (κ2) is 4.00. The zero-order valence-corrected chi connectivity index (χ0v) is 9.83. The van der Waals surface area contributed by atoms with E-state index in [9.17, 15) is 4.79 Å². The maximum absolute atomic E-state index is 11.7. The van der Waals surface area contributed by atoms with Gasteiger partial charge in [0.15, 0.2) is 0 Å². The van der Waals surface area contributed by atoms with Crippen LogP contribution in [0.25, 0.3) is 0 Å². The highest BCUT2D eigenvalue weighted by Gasteiger charge is 2.36. The number of aryl methyl sites for hydroxylation is 1. The lowest BCUT2D eigenvalue weighted by Crippen LogP contribution is -2.39. The van der Waals surface area contributed by atoms with Crippen molar-refractivity contribution >= 4 is 12.6 Å². The molecule has 0 atom stereocenters. The van der Waals surface area contributed by atoms with Gasteiger partial charge >= 0.3 is 0 Å². The summed E-state index contributed by atoms with van der Waals surface area (Å²) in [4.78, 5) is 15.8. The first-order valence-corrected chi connectivity index (χ1v) is 5.92. The number of thiol groups is 1. The summed E-state index contributed by atoms with van der Waals surface area (Å²) < 4.78 is 1.71. The zero-order chi connectivity index (χ0) is 10.9. The van der Waals surface area contributed by atoms with E-state index < -0.39 is 0 Å². The molecule has 0 aromatic carbocycles. The van der Waals surface area contributed by atoms with Crippen LogP contribution in [0.5, 0.6) is 0 Å². The molecule has 1 saturated carbocycles. The van der Waals surface area contributed by atoms with Gasteiger partial charge in [-0.15, -0.1) is 0 Å². The lowest BCUT2D eigenvalue weighted by Gasteiger charge is -2.41. The molecule has 3 nitrogen and oxygen atoms in total. The summed E-state index contributed by atoms with van der Waals surface area (Å²) in [7, 11) is 0. The van der Waals surface area contributed by atoms with Crippen LogP contribution in [0.4, 0.5) is 0 Å². The maximum atomic E-state index is 11.7. The third kappa shape index (κ3) is 2.09. The molecule has 1 aliphatic carbocycles. The molecular formula is C11H16N2OS. The first-order chi connectivity index (χ1) is 7.15. The van der Waals surface area contributed by atoms with Crippen LogP contribution in [0.3, 0.4) is 0 Å². The van der Waals surface area contributed by atoms with Gasteiger partial charge in [-0.3, -0.25) is 9.36 Å². The molecule has 15 heavy (non-hydrogen) atoms. The van der Waals surface area contributed by atoms with Gasteiger partial charge in [0.2, 0.25) is 0 Å². The van der Waals surface area contributed by atoms with Crippen molar-refractivity contribution in [2.45, 2.75) is 32.7 Å². The van der Waals surface area contributed by atoms with E-state index in [2.05, 4.69) is 17.6 Å².